The molecule has 5 nitrogen and oxygen atoms in total. The van der Waals surface area contributed by atoms with Crippen LogP contribution in [0.1, 0.15) is 31.4 Å². The molecule has 0 unspecified atom stereocenters. The number of hydrogen-bond acceptors (Lipinski definition) is 4. The molecule has 1 amide bonds. The van der Waals surface area contributed by atoms with Crippen molar-refractivity contribution in [3.8, 4) is 0 Å². The minimum Gasteiger partial charge on any atom is -0.340 e. The second-order valence-electron chi connectivity index (χ2n) is 6.58. The smallest absolute Gasteiger partial charge is 0.230 e. The van der Waals surface area contributed by atoms with Crippen LogP contribution in [0, 0.1) is 5.41 Å². The number of halogens is 3. The Morgan fingerprint density at radius 3 is 2.24 bits per heavy atom. The molecular formula is C17H29Cl3N4O. The van der Waals surface area contributed by atoms with Crippen molar-refractivity contribution in [2.45, 2.75) is 32.2 Å². The van der Waals surface area contributed by atoms with Gasteiger partial charge in [0.15, 0.2) is 0 Å². The van der Waals surface area contributed by atoms with E-state index in [9.17, 15) is 4.79 Å². The summed E-state index contributed by atoms with van der Waals surface area (Å²) in [7, 11) is 0. The van der Waals surface area contributed by atoms with Crippen LogP contribution < -0.4 is 5.73 Å². The number of nitrogens with two attached hydrogens (primary N) is 1. The second-order valence-corrected chi connectivity index (χ2v) is 6.58. The highest BCUT2D eigenvalue weighted by atomic mass is 35.5. The lowest BCUT2D eigenvalue weighted by molar-refractivity contribution is -0.143. The number of hydrogen-bond donors (Lipinski definition) is 1. The fraction of sp³-hybridized carbons (Fsp3) is 0.647. The highest BCUT2D eigenvalue weighted by Gasteiger charge is 2.42. The lowest BCUT2D eigenvalue weighted by atomic mass is 9.84. The zero-order valence-corrected chi connectivity index (χ0v) is 16.9. The van der Waals surface area contributed by atoms with Gasteiger partial charge in [0.25, 0.3) is 0 Å². The molecular weight excluding hydrogens is 383 g/mol. The molecule has 0 radical (unpaired) electrons. The topological polar surface area (TPSA) is 62.5 Å². The molecule has 1 aromatic heterocycles. The molecule has 0 atom stereocenters. The third-order valence-electron chi connectivity index (χ3n) is 5.18. The number of aromatic nitrogens is 1. The van der Waals surface area contributed by atoms with Crippen LogP contribution >= 0.6 is 37.2 Å². The van der Waals surface area contributed by atoms with Gasteiger partial charge in [0.05, 0.1) is 11.1 Å². The van der Waals surface area contributed by atoms with Crippen LogP contribution in [0.25, 0.3) is 0 Å². The van der Waals surface area contributed by atoms with E-state index in [0.717, 1.165) is 64.1 Å². The summed E-state index contributed by atoms with van der Waals surface area (Å²) in [6.45, 7) is 4.83. The summed E-state index contributed by atoms with van der Waals surface area (Å²) in [5.74, 6) is 0.296. The first kappa shape index (κ1) is 24.4. The molecule has 144 valence electrons. The van der Waals surface area contributed by atoms with Crippen LogP contribution in [-0.4, -0.2) is 53.4 Å². The van der Waals surface area contributed by atoms with Crippen LogP contribution in [0.5, 0.6) is 0 Å². The van der Waals surface area contributed by atoms with Gasteiger partial charge in [-0.1, -0.05) is 18.9 Å². The van der Waals surface area contributed by atoms with Gasteiger partial charge in [0.2, 0.25) is 5.91 Å². The van der Waals surface area contributed by atoms with Crippen LogP contribution in [-0.2, 0) is 11.3 Å². The summed E-state index contributed by atoms with van der Waals surface area (Å²) in [5.41, 5.74) is 6.77. The van der Waals surface area contributed by atoms with Crippen LogP contribution in [0.4, 0.5) is 0 Å². The zero-order chi connectivity index (χ0) is 15.4. The van der Waals surface area contributed by atoms with Crippen molar-refractivity contribution in [3.63, 3.8) is 0 Å². The largest absolute Gasteiger partial charge is 0.340 e. The van der Waals surface area contributed by atoms with E-state index in [1.807, 2.05) is 23.2 Å². The highest BCUT2D eigenvalue weighted by molar-refractivity contribution is 5.86. The SMILES string of the molecule is Cl.Cl.Cl.NCC1(C(=O)N2CCN(Cc3ccccn3)CC2)CCCC1. The Labute approximate surface area is 168 Å². The van der Waals surface area contributed by atoms with Gasteiger partial charge in [0, 0.05) is 45.5 Å². The van der Waals surface area contributed by atoms with Gasteiger partial charge in [0.1, 0.15) is 0 Å². The second kappa shape index (κ2) is 11.2. The minimum atomic E-state index is -0.261. The minimum absolute atomic E-state index is 0. The summed E-state index contributed by atoms with van der Waals surface area (Å²) in [4.78, 5) is 21.6. The maximum Gasteiger partial charge on any atom is 0.230 e. The van der Waals surface area contributed by atoms with E-state index >= 15 is 0 Å². The Morgan fingerprint density at radius 2 is 1.72 bits per heavy atom. The molecule has 0 bridgehead atoms. The van der Waals surface area contributed by atoms with E-state index in [1.54, 1.807) is 0 Å². The third-order valence-corrected chi connectivity index (χ3v) is 5.18. The maximum absolute atomic E-state index is 12.8. The molecule has 25 heavy (non-hydrogen) atoms. The van der Waals surface area contributed by atoms with Crippen molar-refractivity contribution >= 4 is 43.1 Å². The fourth-order valence-corrected chi connectivity index (χ4v) is 3.72. The predicted molar refractivity (Wildman–Crippen MR) is 108 cm³/mol. The molecule has 8 heteroatoms. The van der Waals surface area contributed by atoms with E-state index < -0.39 is 0 Å². The molecule has 0 spiro atoms. The normalized spacial score (nSPS) is 19.3. The molecule has 1 aromatic rings. The van der Waals surface area contributed by atoms with Crippen molar-refractivity contribution in [1.82, 2.24) is 14.8 Å². The molecule has 1 saturated heterocycles. The van der Waals surface area contributed by atoms with E-state index in [1.165, 1.54) is 0 Å². The van der Waals surface area contributed by atoms with Crippen molar-refractivity contribution < 1.29 is 4.79 Å². The first-order valence-corrected chi connectivity index (χ1v) is 8.35. The lowest BCUT2D eigenvalue weighted by Crippen LogP contribution is -2.54. The molecule has 1 aliphatic carbocycles. The van der Waals surface area contributed by atoms with Crippen LogP contribution in [0.3, 0.4) is 0 Å². The van der Waals surface area contributed by atoms with E-state index in [-0.39, 0.29) is 42.6 Å². The Kier molecular flexibility index (Phi) is 10.9. The van der Waals surface area contributed by atoms with E-state index in [0.29, 0.717) is 12.5 Å². The molecule has 3 rings (SSSR count). The predicted octanol–water partition coefficient (Wildman–Crippen LogP) is 2.51. The Hall–Kier alpha value is -0.590. The average Bonchev–Trinajstić information content (AvgIpc) is 3.06. The van der Waals surface area contributed by atoms with Crippen molar-refractivity contribution in [1.29, 1.82) is 0 Å². The molecule has 1 aliphatic heterocycles. The molecule has 0 aromatic carbocycles. The average molecular weight is 412 g/mol. The summed E-state index contributed by atoms with van der Waals surface area (Å²) in [6, 6.07) is 6.01. The number of piperazine rings is 1. The summed E-state index contributed by atoms with van der Waals surface area (Å²) < 4.78 is 0. The molecule has 2 aliphatic rings. The van der Waals surface area contributed by atoms with E-state index in [4.69, 9.17) is 5.73 Å². The molecule has 1 saturated carbocycles. The van der Waals surface area contributed by atoms with Gasteiger partial charge in [-0.15, -0.1) is 37.2 Å². The molecule has 2 fully saturated rings. The number of carbonyl (C=O) groups excluding carboxylic acids is 1. The summed E-state index contributed by atoms with van der Waals surface area (Å²) in [6.07, 6.45) is 6.05. The summed E-state index contributed by atoms with van der Waals surface area (Å²) in [5, 5.41) is 0. The quantitative estimate of drug-likeness (QED) is 0.827. The Morgan fingerprint density at radius 1 is 1.08 bits per heavy atom. The standard InChI is InChI=1S/C17H26N4O.3ClH/c18-14-17(6-2-3-7-17)16(22)21-11-9-20(10-12-21)13-15-5-1-4-8-19-15;;;/h1,4-5,8H,2-3,6-7,9-14,18H2;3*1H. The van der Waals surface area contributed by atoms with Crippen LogP contribution in [0.2, 0.25) is 0 Å². The van der Waals surface area contributed by atoms with Gasteiger partial charge < -0.3 is 10.6 Å². The van der Waals surface area contributed by atoms with Gasteiger partial charge in [-0.25, -0.2) is 0 Å². The van der Waals surface area contributed by atoms with Gasteiger partial charge in [-0.2, -0.15) is 0 Å². The number of rotatable bonds is 4. The first-order valence-electron chi connectivity index (χ1n) is 8.35. The number of pyridine rings is 1. The van der Waals surface area contributed by atoms with Gasteiger partial charge in [-0.3, -0.25) is 14.7 Å². The van der Waals surface area contributed by atoms with Crippen molar-refractivity contribution in [2.24, 2.45) is 11.1 Å². The number of amides is 1. The molecule has 2 N–H and O–H groups in total. The van der Waals surface area contributed by atoms with Gasteiger partial charge in [-0.05, 0) is 25.0 Å². The first-order chi connectivity index (χ1) is 10.7. The highest BCUT2D eigenvalue weighted by Crippen LogP contribution is 2.39. The Balaban J connectivity index is 0.00000192. The van der Waals surface area contributed by atoms with Crippen molar-refractivity contribution in [3.05, 3.63) is 30.1 Å². The Bertz CT molecular complexity index is 504. The zero-order valence-electron chi connectivity index (χ0n) is 14.4. The maximum atomic E-state index is 12.8. The fourth-order valence-electron chi connectivity index (χ4n) is 3.72. The van der Waals surface area contributed by atoms with Gasteiger partial charge >= 0.3 is 0 Å². The third kappa shape index (κ3) is 5.69. The van der Waals surface area contributed by atoms with E-state index in [2.05, 4.69) is 16.0 Å². The van der Waals surface area contributed by atoms with Crippen LogP contribution in [0.15, 0.2) is 24.4 Å². The summed E-state index contributed by atoms with van der Waals surface area (Å²) >= 11 is 0. The van der Waals surface area contributed by atoms with Crippen molar-refractivity contribution in [2.75, 3.05) is 32.7 Å². The number of carbonyl (C=O) groups is 1. The monoisotopic (exact) mass is 410 g/mol. The lowest BCUT2D eigenvalue weighted by Gasteiger charge is -2.39. The molecule has 2 heterocycles. The number of nitrogens with zero attached hydrogens (tertiary/aromatic N) is 3.